The van der Waals surface area contributed by atoms with E-state index in [4.69, 9.17) is 11.6 Å². The summed E-state index contributed by atoms with van der Waals surface area (Å²) < 4.78 is 0. The maximum absolute atomic E-state index is 12.0. The van der Waals surface area contributed by atoms with E-state index in [0.29, 0.717) is 24.6 Å². The standard InChI is InChI=1S/C20H25ClN4O.HI/c1-22-20(24-14-17-8-4-5-10-18(17)21)23-12-11-15-7-6-9-16(13-15)19(26)25(2)3;/h4-10,13H,11-12,14H2,1-3H3,(H2,22,23,24);1H. The third-order valence-electron chi connectivity index (χ3n) is 3.91. The molecule has 0 unspecified atom stereocenters. The van der Waals surface area contributed by atoms with Gasteiger partial charge < -0.3 is 15.5 Å². The molecule has 0 saturated heterocycles. The highest BCUT2D eigenvalue weighted by Crippen LogP contribution is 2.14. The monoisotopic (exact) mass is 500 g/mol. The minimum Gasteiger partial charge on any atom is -0.356 e. The molecule has 0 saturated carbocycles. The van der Waals surface area contributed by atoms with Gasteiger partial charge in [0.05, 0.1) is 0 Å². The molecule has 1 amide bonds. The van der Waals surface area contributed by atoms with Crippen molar-refractivity contribution in [3.05, 3.63) is 70.2 Å². The lowest BCUT2D eigenvalue weighted by molar-refractivity contribution is 0.0827. The van der Waals surface area contributed by atoms with Crippen molar-refractivity contribution in [2.45, 2.75) is 13.0 Å². The average Bonchev–Trinajstić information content (AvgIpc) is 2.65. The molecule has 5 nitrogen and oxygen atoms in total. The lowest BCUT2D eigenvalue weighted by Crippen LogP contribution is -2.37. The number of hydrogen-bond acceptors (Lipinski definition) is 2. The van der Waals surface area contributed by atoms with E-state index < -0.39 is 0 Å². The lowest BCUT2D eigenvalue weighted by Gasteiger charge is -2.13. The second-order valence-electron chi connectivity index (χ2n) is 6.09. The van der Waals surface area contributed by atoms with Gasteiger partial charge >= 0.3 is 0 Å². The number of amides is 1. The second kappa shape index (κ2) is 11.8. The van der Waals surface area contributed by atoms with Gasteiger partial charge in [-0.1, -0.05) is 41.9 Å². The van der Waals surface area contributed by atoms with Gasteiger partial charge in [0, 0.05) is 44.8 Å². The van der Waals surface area contributed by atoms with Gasteiger partial charge in [0.2, 0.25) is 0 Å². The van der Waals surface area contributed by atoms with E-state index in [9.17, 15) is 4.79 Å². The van der Waals surface area contributed by atoms with Crippen molar-refractivity contribution in [3.63, 3.8) is 0 Å². The Bertz CT molecular complexity index is 780. The largest absolute Gasteiger partial charge is 0.356 e. The van der Waals surface area contributed by atoms with Crippen LogP contribution in [0.5, 0.6) is 0 Å². The van der Waals surface area contributed by atoms with E-state index >= 15 is 0 Å². The van der Waals surface area contributed by atoms with Crippen molar-refractivity contribution >= 4 is 47.4 Å². The summed E-state index contributed by atoms with van der Waals surface area (Å²) in [5.74, 6) is 0.725. The number of halogens is 2. The zero-order valence-corrected chi connectivity index (χ0v) is 18.9. The number of nitrogens with one attached hydrogen (secondary N) is 2. The molecular weight excluding hydrogens is 475 g/mol. The van der Waals surface area contributed by atoms with Gasteiger partial charge in [-0.25, -0.2) is 0 Å². The van der Waals surface area contributed by atoms with Gasteiger partial charge in [-0.2, -0.15) is 0 Å². The fourth-order valence-corrected chi connectivity index (χ4v) is 2.69. The van der Waals surface area contributed by atoms with Crippen LogP contribution in [-0.2, 0) is 13.0 Å². The van der Waals surface area contributed by atoms with Crippen LogP contribution in [0.25, 0.3) is 0 Å². The van der Waals surface area contributed by atoms with Crippen LogP contribution in [0.3, 0.4) is 0 Å². The minimum atomic E-state index is 0. The first-order valence-corrected chi connectivity index (χ1v) is 8.87. The summed E-state index contributed by atoms with van der Waals surface area (Å²) in [5.41, 5.74) is 2.83. The summed E-state index contributed by atoms with van der Waals surface area (Å²) in [5, 5.41) is 7.26. The number of aliphatic imine (C=N–C) groups is 1. The van der Waals surface area contributed by atoms with Crippen LogP contribution in [0.1, 0.15) is 21.5 Å². The van der Waals surface area contributed by atoms with Crippen LogP contribution in [0.2, 0.25) is 5.02 Å². The Morgan fingerprint density at radius 2 is 1.85 bits per heavy atom. The van der Waals surface area contributed by atoms with Gasteiger partial charge in [-0.3, -0.25) is 9.79 Å². The van der Waals surface area contributed by atoms with Crippen LogP contribution in [0, 0.1) is 0 Å². The molecule has 0 heterocycles. The van der Waals surface area contributed by atoms with Crippen LogP contribution in [0.4, 0.5) is 0 Å². The van der Waals surface area contributed by atoms with Gasteiger partial charge in [0.1, 0.15) is 0 Å². The summed E-state index contributed by atoms with van der Waals surface area (Å²) in [6, 6.07) is 15.4. The summed E-state index contributed by atoms with van der Waals surface area (Å²) in [6.07, 6.45) is 0.793. The molecule has 0 spiro atoms. The van der Waals surface area contributed by atoms with Crippen LogP contribution in [-0.4, -0.2) is 44.5 Å². The maximum Gasteiger partial charge on any atom is 0.253 e. The van der Waals surface area contributed by atoms with E-state index in [1.165, 1.54) is 0 Å². The zero-order valence-electron chi connectivity index (χ0n) is 15.8. The molecule has 0 radical (unpaired) electrons. The predicted octanol–water partition coefficient (Wildman–Crippen LogP) is 3.57. The Morgan fingerprint density at radius 3 is 2.52 bits per heavy atom. The van der Waals surface area contributed by atoms with E-state index in [2.05, 4.69) is 15.6 Å². The molecule has 0 aliphatic heterocycles. The van der Waals surface area contributed by atoms with Crippen molar-refractivity contribution in [3.8, 4) is 0 Å². The third kappa shape index (κ3) is 7.38. The number of rotatable bonds is 6. The molecule has 2 aromatic carbocycles. The maximum atomic E-state index is 12.0. The normalized spacial score (nSPS) is 10.7. The van der Waals surface area contributed by atoms with Gasteiger partial charge in [0.25, 0.3) is 5.91 Å². The quantitative estimate of drug-likeness (QED) is 0.362. The molecule has 0 atom stereocenters. The van der Waals surface area contributed by atoms with Gasteiger partial charge in [-0.15, -0.1) is 24.0 Å². The number of nitrogens with zero attached hydrogens (tertiary/aromatic N) is 2. The van der Waals surface area contributed by atoms with E-state index in [1.807, 2.05) is 48.5 Å². The first-order valence-electron chi connectivity index (χ1n) is 8.49. The second-order valence-corrected chi connectivity index (χ2v) is 6.50. The molecule has 27 heavy (non-hydrogen) atoms. The molecule has 0 bridgehead atoms. The Balaban J connectivity index is 0.00000364. The Morgan fingerprint density at radius 1 is 1.11 bits per heavy atom. The lowest BCUT2D eigenvalue weighted by atomic mass is 10.1. The molecule has 7 heteroatoms. The SMILES string of the molecule is CN=C(NCCc1cccc(C(=O)N(C)C)c1)NCc1ccccc1Cl.I. The summed E-state index contributed by atoms with van der Waals surface area (Å²) in [4.78, 5) is 17.8. The summed E-state index contributed by atoms with van der Waals surface area (Å²) in [6.45, 7) is 1.31. The summed E-state index contributed by atoms with van der Waals surface area (Å²) in [7, 11) is 5.24. The average molecular weight is 501 g/mol. The molecule has 2 rings (SSSR count). The number of benzene rings is 2. The van der Waals surface area contributed by atoms with Crippen molar-refractivity contribution < 1.29 is 4.79 Å². The zero-order chi connectivity index (χ0) is 18.9. The summed E-state index contributed by atoms with van der Waals surface area (Å²) >= 11 is 6.17. The van der Waals surface area contributed by atoms with Crippen molar-refractivity contribution in [1.29, 1.82) is 0 Å². The molecule has 0 aliphatic carbocycles. The van der Waals surface area contributed by atoms with E-state index in [0.717, 1.165) is 22.6 Å². The molecule has 0 aliphatic rings. The van der Waals surface area contributed by atoms with E-state index in [1.54, 1.807) is 26.0 Å². The predicted molar refractivity (Wildman–Crippen MR) is 123 cm³/mol. The van der Waals surface area contributed by atoms with Crippen molar-refractivity contribution in [2.75, 3.05) is 27.7 Å². The highest BCUT2D eigenvalue weighted by atomic mass is 127. The smallest absolute Gasteiger partial charge is 0.253 e. The van der Waals surface area contributed by atoms with Crippen molar-refractivity contribution in [1.82, 2.24) is 15.5 Å². The molecule has 0 aromatic heterocycles. The fraction of sp³-hybridized carbons (Fsp3) is 0.300. The number of guanidine groups is 1. The van der Waals surface area contributed by atoms with Gasteiger partial charge in [-0.05, 0) is 35.7 Å². The van der Waals surface area contributed by atoms with Crippen LogP contribution < -0.4 is 10.6 Å². The first kappa shape index (κ1) is 23.2. The number of carbonyl (C=O) groups is 1. The number of hydrogen-bond donors (Lipinski definition) is 2. The number of carbonyl (C=O) groups excluding carboxylic acids is 1. The Labute approximate surface area is 183 Å². The van der Waals surface area contributed by atoms with Crippen LogP contribution >= 0.6 is 35.6 Å². The Hall–Kier alpha value is -1.80. The van der Waals surface area contributed by atoms with Crippen LogP contribution in [0.15, 0.2) is 53.5 Å². The van der Waals surface area contributed by atoms with Crippen molar-refractivity contribution in [2.24, 2.45) is 4.99 Å². The topological polar surface area (TPSA) is 56.7 Å². The van der Waals surface area contributed by atoms with Gasteiger partial charge in [0.15, 0.2) is 5.96 Å². The first-order chi connectivity index (χ1) is 12.5. The molecular formula is C20H26ClIN4O. The molecule has 2 N–H and O–H groups in total. The Kier molecular flexibility index (Phi) is 10.2. The molecule has 146 valence electrons. The third-order valence-corrected chi connectivity index (χ3v) is 4.28. The highest BCUT2D eigenvalue weighted by molar-refractivity contribution is 14.0. The fourth-order valence-electron chi connectivity index (χ4n) is 2.48. The highest BCUT2D eigenvalue weighted by Gasteiger charge is 2.08. The molecule has 0 fully saturated rings. The minimum absolute atomic E-state index is 0. The van der Waals surface area contributed by atoms with E-state index in [-0.39, 0.29) is 29.9 Å². The molecule has 2 aromatic rings.